The minimum atomic E-state index is -2.46. The molecule has 0 saturated heterocycles. The van der Waals surface area contributed by atoms with Gasteiger partial charge in [0.15, 0.2) is 0 Å². The topological polar surface area (TPSA) is 26.0 Å². The summed E-state index contributed by atoms with van der Waals surface area (Å²) in [6.07, 6.45) is 0.792. The molecule has 1 aromatic rings. The molecular formula is C10H10BrF2N. The zero-order chi connectivity index (χ0) is 10.6. The number of benzene rings is 1. The number of rotatable bonds is 3. The molecule has 0 amide bonds. The molecule has 0 radical (unpaired) electrons. The van der Waals surface area contributed by atoms with Crippen molar-refractivity contribution >= 4 is 22.0 Å². The average molecular weight is 262 g/mol. The van der Waals surface area contributed by atoms with Crippen molar-refractivity contribution in [1.29, 1.82) is 0 Å². The second-order valence-corrected chi connectivity index (χ2v) is 3.63. The molecule has 1 nitrogen and oxygen atoms in total. The molecule has 0 saturated carbocycles. The summed E-state index contributed by atoms with van der Waals surface area (Å²) in [4.78, 5) is 0. The van der Waals surface area contributed by atoms with Gasteiger partial charge < -0.3 is 5.73 Å². The van der Waals surface area contributed by atoms with E-state index < -0.39 is 6.43 Å². The highest BCUT2D eigenvalue weighted by Gasteiger charge is 2.10. The van der Waals surface area contributed by atoms with Crippen molar-refractivity contribution in [2.24, 2.45) is 5.73 Å². The summed E-state index contributed by atoms with van der Waals surface area (Å²) >= 11 is 3.23. The Morgan fingerprint density at radius 2 is 2.14 bits per heavy atom. The van der Waals surface area contributed by atoms with Crippen molar-refractivity contribution < 1.29 is 8.78 Å². The highest BCUT2D eigenvalue weighted by Crippen LogP contribution is 2.26. The zero-order valence-corrected chi connectivity index (χ0v) is 8.97. The first-order valence-corrected chi connectivity index (χ1v) is 4.88. The van der Waals surface area contributed by atoms with E-state index in [1.165, 1.54) is 6.07 Å². The van der Waals surface area contributed by atoms with Crippen LogP contribution in [0.15, 0.2) is 28.7 Å². The Bertz CT molecular complexity index is 337. The van der Waals surface area contributed by atoms with Gasteiger partial charge in [0.25, 0.3) is 6.43 Å². The lowest BCUT2D eigenvalue weighted by atomic mass is 10.1. The van der Waals surface area contributed by atoms with Gasteiger partial charge in [-0.3, -0.25) is 0 Å². The summed E-state index contributed by atoms with van der Waals surface area (Å²) in [6, 6.07) is 4.65. The van der Waals surface area contributed by atoms with Crippen molar-refractivity contribution in [1.82, 2.24) is 0 Å². The molecule has 14 heavy (non-hydrogen) atoms. The maximum absolute atomic E-state index is 12.5. The van der Waals surface area contributed by atoms with Gasteiger partial charge in [0.05, 0.1) is 0 Å². The van der Waals surface area contributed by atoms with Gasteiger partial charge in [-0.25, -0.2) is 8.78 Å². The van der Waals surface area contributed by atoms with Crippen LogP contribution in [-0.2, 0) is 0 Å². The molecule has 0 aliphatic heterocycles. The predicted octanol–water partition coefficient (Wildman–Crippen LogP) is 3.36. The third kappa shape index (κ3) is 2.89. The monoisotopic (exact) mass is 261 g/mol. The molecule has 0 aromatic heterocycles. The molecule has 0 heterocycles. The maximum Gasteiger partial charge on any atom is 0.264 e. The van der Waals surface area contributed by atoms with E-state index in [2.05, 4.69) is 15.9 Å². The lowest BCUT2D eigenvalue weighted by Crippen LogP contribution is -1.94. The Morgan fingerprint density at radius 3 is 2.71 bits per heavy atom. The minimum Gasteiger partial charge on any atom is -0.327 e. The molecule has 1 rings (SSSR count). The second kappa shape index (κ2) is 5.22. The van der Waals surface area contributed by atoms with Gasteiger partial charge in [0, 0.05) is 16.6 Å². The van der Waals surface area contributed by atoms with Crippen LogP contribution in [0.2, 0.25) is 0 Å². The van der Waals surface area contributed by atoms with Gasteiger partial charge in [-0.15, -0.1) is 0 Å². The zero-order valence-electron chi connectivity index (χ0n) is 7.38. The predicted molar refractivity (Wildman–Crippen MR) is 57.2 cm³/mol. The Hall–Kier alpha value is -0.740. The summed E-state index contributed by atoms with van der Waals surface area (Å²) in [5.41, 5.74) is 5.78. The molecule has 76 valence electrons. The number of halogens is 3. The van der Waals surface area contributed by atoms with Gasteiger partial charge in [0.1, 0.15) is 0 Å². The maximum atomic E-state index is 12.5. The number of alkyl halides is 2. The van der Waals surface area contributed by atoms with Crippen LogP contribution in [-0.4, -0.2) is 6.54 Å². The van der Waals surface area contributed by atoms with Crippen molar-refractivity contribution in [2.45, 2.75) is 6.43 Å². The molecule has 0 aliphatic carbocycles. The van der Waals surface area contributed by atoms with Crippen LogP contribution < -0.4 is 5.73 Å². The van der Waals surface area contributed by atoms with E-state index in [1.807, 2.05) is 0 Å². The third-order valence-corrected chi connectivity index (χ3v) is 2.21. The fraction of sp³-hybridized carbons (Fsp3) is 0.200. The molecule has 0 fully saturated rings. The summed E-state index contributed by atoms with van der Waals surface area (Å²) in [5.74, 6) is 0. The van der Waals surface area contributed by atoms with Crippen molar-refractivity contribution in [3.8, 4) is 0 Å². The van der Waals surface area contributed by atoms with Crippen molar-refractivity contribution in [3.63, 3.8) is 0 Å². The number of nitrogens with two attached hydrogens (primary N) is 1. The van der Waals surface area contributed by atoms with Crippen LogP contribution in [0.3, 0.4) is 0 Å². The van der Waals surface area contributed by atoms with Gasteiger partial charge in [0.2, 0.25) is 0 Å². The summed E-state index contributed by atoms with van der Waals surface area (Å²) in [6.45, 7) is 0.342. The minimum absolute atomic E-state index is 0.0258. The second-order valence-electron chi connectivity index (χ2n) is 2.71. The summed E-state index contributed by atoms with van der Waals surface area (Å²) in [5, 5.41) is 0. The van der Waals surface area contributed by atoms with E-state index in [4.69, 9.17) is 5.73 Å². The van der Waals surface area contributed by atoms with E-state index in [9.17, 15) is 8.78 Å². The van der Waals surface area contributed by atoms with E-state index >= 15 is 0 Å². The molecule has 4 heteroatoms. The molecule has 1 aromatic carbocycles. The van der Waals surface area contributed by atoms with Crippen LogP contribution >= 0.6 is 15.9 Å². The van der Waals surface area contributed by atoms with Gasteiger partial charge >= 0.3 is 0 Å². The standard InChI is InChI=1S/C10H10BrF2N/c11-8-3-4-9(10(12)13)7(6-8)2-1-5-14/h1-4,6,10H,5,14H2/b2-1+. The quantitative estimate of drug-likeness (QED) is 0.888. The Morgan fingerprint density at radius 1 is 1.43 bits per heavy atom. The molecule has 0 aliphatic rings. The summed E-state index contributed by atoms with van der Waals surface area (Å²) in [7, 11) is 0. The van der Waals surface area contributed by atoms with E-state index in [0.717, 1.165) is 4.47 Å². The lowest BCUT2D eigenvalue weighted by molar-refractivity contribution is 0.151. The fourth-order valence-corrected chi connectivity index (χ4v) is 1.46. The van der Waals surface area contributed by atoms with Crippen molar-refractivity contribution in [3.05, 3.63) is 39.9 Å². The van der Waals surface area contributed by atoms with Gasteiger partial charge in [-0.1, -0.05) is 34.1 Å². The fourth-order valence-electron chi connectivity index (χ4n) is 1.08. The molecular weight excluding hydrogens is 252 g/mol. The van der Waals surface area contributed by atoms with Crippen LogP contribution in [0.25, 0.3) is 6.08 Å². The normalized spacial score (nSPS) is 11.5. The van der Waals surface area contributed by atoms with E-state index in [0.29, 0.717) is 12.1 Å². The number of hydrogen-bond donors (Lipinski definition) is 1. The Kier molecular flexibility index (Phi) is 4.22. The highest BCUT2D eigenvalue weighted by atomic mass is 79.9. The lowest BCUT2D eigenvalue weighted by Gasteiger charge is -2.05. The molecule has 0 atom stereocenters. The summed E-state index contributed by atoms with van der Waals surface area (Å²) < 4.78 is 25.8. The first kappa shape index (κ1) is 11.3. The Balaban J connectivity index is 3.09. The smallest absolute Gasteiger partial charge is 0.264 e. The van der Waals surface area contributed by atoms with Gasteiger partial charge in [-0.05, 0) is 17.7 Å². The molecule has 0 unspecified atom stereocenters. The third-order valence-electron chi connectivity index (χ3n) is 1.72. The van der Waals surface area contributed by atoms with Crippen LogP contribution in [0, 0.1) is 0 Å². The van der Waals surface area contributed by atoms with Crippen molar-refractivity contribution in [2.75, 3.05) is 6.54 Å². The van der Waals surface area contributed by atoms with Crippen LogP contribution in [0.4, 0.5) is 8.78 Å². The van der Waals surface area contributed by atoms with Crippen LogP contribution in [0.5, 0.6) is 0 Å². The van der Waals surface area contributed by atoms with Gasteiger partial charge in [-0.2, -0.15) is 0 Å². The molecule has 0 bridgehead atoms. The highest BCUT2D eigenvalue weighted by molar-refractivity contribution is 9.10. The van der Waals surface area contributed by atoms with E-state index in [-0.39, 0.29) is 5.56 Å². The first-order chi connectivity index (χ1) is 6.65. The largest absolute Gasteiger partial charge is 0.327 e. The van der Waals surface area contributed by atoms with E-state index in [1.54, 1.807) is 24.3 Å². The average Bonchev–Trinajstić information content (AvgIpc) is 2.14. The molecule has 2 N–H and O–H groups in total. The number of hydrogen-bond acceptors (Lipinski definition) is 1. The first-order valence-electron chi connectivity index (χ1n) is 4.09. The Labute approximate surface area is 89.7 Å². The SMILES string of the molecule is NC/C=C/c1cc(Br)ccc1C(F)F. The van der Waals surface area contributed by atoms with Crippen LogP contribution in [0.1, 0.15) is 17.6 Å². The molecule has 0 spiro atoms.